The average molecular weight is 530 g/mol. The van der Waals surface area contributed by atoms with E-state index in [1.165, 1.54) is 0 Å². The summed E-state index contributed by atoms with van der Waals surface area (Å²) in [5.41, 5.74) is 0.696. The van der Waals surface area contributed by atoms with Gasteiger partial charge in [-0.3, -0.25) is 14.4 Å². The van der Waals surface area contributed by atoms with Crippen molar-refractivity contribution >= 4 is 46.8 Å². The predicted molar refractivity (Wildman–Crippen MR) is 142 cm³/mol. The molecule has 0 saturated carbocycles. The van der Waals surface area contributed by atoms with Gasteiger partial charge in [-0.1, -0.05) is 49.8 Å². The van der Waals surface area contributed by atoms with E-state index in [0.717, 1.165) is 6.42 Å². The van der Waals surface area contributed by atoms with Crippen molar-refractivity contribution in [1.82, 2.24) is 9.80 Å². The number of benzene rings is 1. The molecule has 1 aromatic rings. The molecular formula is C27H32ClN3O4S. The van der Waals surface area contributed by atoms with Crippen molar-refractivity contribution in [3.05, 3.63) is 53.6 Å². The van der Waals surface area contributed by atoms with Gasteiger partial charge in [0.15, 0.2) is 0 Å². The van der Waals surface area contributed by atoms with Crippen LogP contribution in [0.2, 0.25) is 5.02 Å². The summed E-state index contributed by atoms with van der Waals surface area (Å²) in [4.78, 5) is 47.4. The molecular weight excluding hydrogens is 498 g/mol. The average Bonchev–Trinajstić information content (AvgIpc) is 3.19. The van der Waals surface area contributed by atoms with E-state index in [1.807, 2.05) is 43.1 Å². The maximum Gasteiger partial charge on any atom is 0.251 e. The topological polar surface area (TPSA) is 81.2 Å². The highest BCUT2D eigenvalue weighted by molar-refractivity contribution is 8.02. The lowest BCUT2D eigenvalue weighted by Gasteiger charge is -2.38. The maximum absolute atomic E-state index is 14.3. The fraction of sp³-hybridized carbons (Fsp3) is 0.519. The Bertz CT molecular complexity index is 1100. The highest BCUT2D eigenvalue weighted by Gasteiger charge is 2.71. The van der Waals surface area contributed by atoms with Gasteiger partial charge < -0.3 is 19.8 Å². The summed E-state index contributed by atoms with van der Waals surface area (Å²) in [6.45, 7) is 5.22. The number of carbonyl (C=O) groups excluding carboxylic acids is 3. The first-order valence-corrected chi connectivity index (χ1v) is 13.9. The molecule has 1 N–H and O–H groups in total. The van der Waals surface area contributed by atoms with Crippen LogP contribution in [0, 0.1) is 11.8 Å². The molecule has 1 aromatic carbocycles. The van der Waals surface area contributed by atoms with Gasteiger partial charge >= 0.3 is 0 Å². The van der Waals surface area contributed by atoms with Crippen LogP contribution in [0.3, 0.4) is 0 Å². The smallest absolute Gasteiger partial charge is 0.251 e. The van der Waals surface area contributed by atoms with Gasteiger partial charge in [-0.15, -0.1) is 11.8 Å². The zero-order chi connectivity index (χ0) is 25.6. The number of amides is 3. The summed E-state index contributed by atoms with van der Waals surface area (Å²) in [7, 11) is 0. The van der Waals surface area contributed by atoms with Gasteiger partial charge in [-0.2, -0.15) is 0 Å². The minimum absolute atomic E-state index is 0.0214. The molecule has 0 aromatic heterocycles. The van der Waals surface area contributed by atoms with Crippen LogP contribution >= 0.6 is 23.4 Å². The first-order valence-electron chi connectivity index (χ1n) is 12.7. The summed E-state index contributed by atoms with van der Waals surface area (Å²) in [5.74, 6) is -1.64. The van der Waals surface area contributed by atoms with E-state index in [-0.39, 0.29) is 29.6 Å². The molecule has 5 rings (SSSR count). The second-order valence-corrected chi connectivity index (χ2v) is 11.8. The summed E-state index contributed by atoms with van der Waals surface area (Å²) in [5, 5.41) is 10.6. The molecule has 4 aliphatic rings. The second-order valence-electron chi connectivity index (χ2n) is 9.87. The van der Waals surface area contributed by atoms with E-state index < -0.39 is 28.7 Å². The molecule has 0 bridgehead atoms. The third-order valence-corrected chi connectivity index (χ3v) is 9.88. The van der Waals surface area contributed by atoms with Crippen molar-refractivity contribution in [2.45, 2.75) is 48.8 Å². The van der Waals surface area contributed by atoms with Gasteiger partial charge in [-0.05, 0) is 37.1 Å². The minimum Gasteiger partial charge on any atom is -0.394 e. The first-order chi connectivity index (χ1) is 17.4. The molecule has 192 valence electrons. The van der Waals surface area contributed by atoms with Gasteiger partial charge in [0.2, 0.25) is 11.8 Å². The molecule has 4 aliphatic heterocycles. The van der Waals surface area contributed by atoms with E-state index >= 15 is 0 Å². The number of fused-ring (bicyclic) bond motifs is 2. The fourth-order valence-electron chi connectivity index (χ4n) is 6.26. The quantitative estimate of drug-likeness (QED) is 0.573. The highest BCUT2D eigenvalue weighted by Crippen LogP contribution is 2.61. The monoisotopic (exact) mass is 529 g/mol. The standard InChI is InChI=1S/C27H32ClN3O4S/c1-3-13-29-14-5-7-20-21(24(29)33)22-25(34)31(18(4-2)16-32)23-26(35)30(15-6-12-27(22,23)36-20)19-10-8-17(28)9-11-19/h5-12,18,20-23,32H,3-4,13-16H2,1-2H3/t18-,20+,21-,22-,23?,27-/m0/s1. The molecule has 1 unspecified atom stereocenters. The van der Waals surface area contributed by atoms with Crippen molar-refractivity contribution in [3.63, 3.8) is 0 Å². The molecule has 4 heterocycles. The van der Waals surface area contributed by atoms with Crippen LogP contribution in [-0.4, -0.2) is 80.9 Å². The lowest BCUT2D eigenvalue weighted by atomic mass is 9.78. The van der Waals surface area contributed by atoms with Gasteiger partial charge in [-0.25, -0.2) is 0 Å². The minimum atomic E-state index is -0.886. The summed E-state index contributed by atoms with van der Waals surface area (Å²) < 4.78 is -0.886. The van der Waals surface area contributed by atoms with Crippen molar-refractivity contribution in [2.24, 2.45) is 11.8 Å². The number of carbonyl (C=O) groups is 3. The summed E-state index contributed by atoms with van der Waals surface area (Å²) >= 11 is 7.65. The molecule has 2 saturated heterocycles. The number of rotatable bonds is 6. The number of aliphatic hydroxyl groups is 1. The Hall–Kier alpha value is -2.29. The fourth-order valence-corrected chi connectivity index (χ4v) is 8.38. The Morgan fingerprint density at radius 3 is 2.50 bits per heavy atom. The molecule has 0 aliphatic carbocycles. The maximum atomic E-state index is 14.3. The number of halogens is 1. The Morgan fingerprint density at radius 2 is 1.83 bits per heavy atom. The molecule has 1 spiro atoms. The largest absolute Gasteiger partial charge is 0.394 e. The Morgan fingerprint density at radius 1 is 1.08 bits per heavy atom. The zero-order valence-electron chi connectivity index (χ0n) is 20.5. The van der Waals surface area contributed by atoms with Crippen LogP contribution in [0.4, 0.5) is 5.69 Å². The van der Waals surface area contributed by atoms with E-state index in [4.69, 9.17) is 11.6 Å². The lowest BCUT2D eigenvalue weighted by Crippen LogP contribution is -2.56. The van der Waals surface area contributed by atoms with E-state index in [2.05, 4.69) is 0 Å². The van der Waals surface area contributed by atoms with Crippen molar-refractivity contribution in [1.29, 1.82) is 0 Å². The lowest BCUT2D eigenvalue weighted by molar-refractivity contribution is -0.144. The molecule has 0 radical (unpaired) electrons. The van der Waals surface area contributed by atoms with Crippen molar-refractivity contribution in [2.75, 3.05) is 31.1 Å². The Labute approximate surface area is 221 Å². The number of nitrogens with zero attached hydrogens (tertiary/aromatic N) is 3. The van der Waals surface area contributed by atoms with Crippen LogP contribution in [0.5, 0.6) is 0 Å². The molecule has 2 fully saturated rings. The van der Waals surface area contributed by atoms with Gasteiger partial charge in [0.05, 0.1) is 29.2 Å². The predicted octanol–water partition coefficient (Wildman–Crippen LogP) is 3.12. The summed E-state index contributed by atoms with van der Waals surface area (Å²) in [6.07, 6.45) is 9.36. The van der Waals surface area contributed by atoms with Crippen molar-refractivity contribution in [3.8, 4) is 0 Å². The number of hydrogen-bond acceptors (Lipinski definition) is 5. The van der Waals surface area contributed by atoms with Crippen LogP contribution in [0.1, 0.15) is 26.7 Å². The SMILES string of the molecule is CCCN1CC=C[C@H]2S[C@]34C=CCN(c5ccc(Cl)cc5)C(=O)C3N([C@@H](CC)CO)C(=O)[C@@H]4[C@H]2C1=O. The second kappa shape index (κ2) is 9.88. The van der Waals surface area contributed by atoms with Crippen LogP contribution in [-0.2, 0) is 14.4 Å². The normalized spacial score (nSPS) is 32.3. The first kappa shape index (κ1) is 25.4. The molecule has 7 nitrogen and oxygen atoms in total. The number of hydrogen-bond donors (Lipinski definition) is 1. The highest BCUT2D eigenvalue weighted by atomic mass is 35.5. The molecule has 36 heavy (non-hydrogen) atoms. The zero-order valence-corrected chi connectivity index (χ0v) is 22.1. The van der Waals surface area contributed by atoms with E-state index in [9.17, 15) is 19.5 Å². The number of thioether (sulfide) groups is 1. The van der Waals surface area contributed by atoms with E-state index in [0.29, 0.717) is 36.8 Å². The van der Waals surface area contributed by atoms with Crippen LogP contribution in [0.25, 0.3) is 0 Å². The number of anilines is 1. The Balaban J connectivity index is 1.63. The third-order valence-electron chi connectivity index (χ3n) is 7.89. The molecule has 9 heteroatoms. The van der Waals surface area contributed by atoms with E-state index in [1.54, 1.807) is 45.8 Å². The molecule has 6 atom stereocenters. The molecule has 3 amide bonds. The Kier molecular flexibility index (Phi) is 6.96. The van der Waals surface area contributed by atoms with Crippen LogP contribution in [0.15, 0.2) is 48.6 Å². The van der Waals surface area contributed by atoms with Gasteiger partial charge in [0.1, 0.15) is 6.04 Å². The number of aliphatic hydroxyl groups excluding tert-OH is 1. The van der Waals surface area contributed by atoms with Gasteiger partial charge in [0.25, 0.3) is 5.91 Å². The number of likely N-dealkylation sites (tertiary alicyclic amines) is 1. The van der Waals surface area contributed by atoms with Crippen LogP contribution < -0.4 is 4.90 Å². The van der Waals surface area contributed by atoms with Gasteiger partial charge in [0, 0.05) is 35.6 Å². The third kappa shape index (κ3) is 3.80. The van der Waals surface area contributed by atoms with Crippen molar-refractivity contribution < 1.29 is 19.5 Å². The summed E-state index contributed by atoms with van der Waals surface area (Å²) in [6, 6.07) is 5.76.